The highest BCUT2D eigenvalue weighted by Gasteiger charge is 2.10. The van der Waals surface area contributed by atoms with Gasteiger partial charge in [-0.1, -0.05) is 6.92 Å². The van der Waals surface area contributed by atoms with E-state index in [9.17, 15) is 8.42 Å². The zero-order valence-corrected chi connectivity index (χ0v) is 13.5. The lowest BCUT2D eigenvalue weighted by Crippen LogP contribution is -2.28. The number of sulfone groups is 1. The van der Waals surface area contributed by atoms with Gasteiger partial charge in [-0.25, -0.2) is 13.4 Å². The van der Waals surface area contributed by atoms with Crippen LogP contribution in [0.1, 0.15) is 13.8 Å². The first-order chi connectivity index (χ1) is 10.8. The number of guanidine groups is 2. The molecule has 1 rings (SSSR count). The smallest absolute Gasteiger partial charge is 0.241 e. The number of nitriles is 1. The van der Waals surface area contributed by atoms with E-state index in [1.165, 1.54) is 12.1 Å². The van der Waals surface area contributed by atoms with E-state index in [4.69, 9.17) is 16.7 Å². The average molecular weight is 335 g/mol. The molecule has 0 aliphatic carbocycles. The van der Waals surface area contributed by atoms with Crippen molar-refractivity contribution in [3.63, 3.8) is 0 Å². The molecule has 0 heterocycles. The summed E-state index contributed by atoms with van der Waals surface area (Å²) in [7, 11) is -3.25. The monoisotopic (exact) mass is 335 g/mol. The van der Waals surface area contributed by atoms with Crippen LogP contribution in [0, 0.1) is 11.5 Å². The fourth-order valence-electron chi connectivity index (χ4n) is 1.51. The van der Waals surface area contributed by atoms with Crippen LogP contribution in [0.4, 0.5) is 5.69 Å². The Bertz CT molecular complexity index is 783. The van der Waals surface area contributed by atoms with E-state index >= 15 is 0 Å². The van der Waals surface area contributed by atoms with Gasteiger partial charge in [0.1, 0.15) is 5.84 Å². The minimum atomic E-state index is -3.25. The number of benzene rings is 1. The van der Waals surface area contributed by atoms with Crippen molar-refractivity contribution in [2.24, 2.45) is 26.4 Å². The molecule has 0 bridgehead atoms. The molecule has 0 spiro atoms. The molecule has 23 heavy (non-hydrogen) atoms. The SMILES string of the molecule is CCS(=O)(=O)c1ccc(N=C(C)N=C(N=C(N)N)NC#N)cc1. The molecular weight excluding hydrogens is 318 g/mol. The maximum atomic E-state index is 11.7. The Balaban J connectivity index is 3.06. The molecule has 0 radical (unpaired) electrons. The number of rotatable bonds is 3. The van der Waals surface area contributed by atoms with Crippen molar-refractivity contribution in [1.82, 2.24) is 5.32 Å². The van der Waals surface area contributed by atoms with Crippen LogP contribution in [0.15, 0.2) is 44.1 Å². The van der Waals surface area contributed by atoms with Crippen molar-refractivity contribution in [1.29, 1.82) is 5.26 Å². The van der Waals surface area contributed by atoms with Gasteiger partial charge < -0.3 is 11.5 Å². The van der Waals surface area contributed by atoms with Crippen molar-refractivity contribution in [2.75, 3.05) is 5.75 Å². The first-order valence-electron chi connectivity index (χ1n) is 6.50. The van der Waals surface area contributed by atoms with Gasteiger partial charge >= 0.3 is 0 Å². The summed E-state index contributed by atoms with van der Waals surface area (Å²) in [4.78, 5) is 12.0. The predicted molar refractivity (Wildman–Crippen MR) is 88.9 cm³/mol. The third kappa shape index (κ3) is 5.76. The minimum Gasteiger partial charge on any atom is -0.370 e. The number of hydrogen-bond acceptors (Lipinski definition) is 4. The van der Waals surface area contributed by atoms with Crippen LogP contribution in [0.5, 0.6) is 0 Å². The van der Waals surface area contributed by atoms with Crippen LogP contribution < -0.4 is 16.8 Å². The topological polar surface area (TPSA) is 159 Å². The lowest BCUT2D eigenvalue weighted by molar-refractivity contribution is 0.597. The Morgan fingerprint density at radius 1 is 1.26 bits per heavy atom. The second-order valence-corrected chi connectivity index (χ2v) is 6.54. The van der Waals surface area contributed by atoms with Crippen molar-refractivity contribution < 1.29 is 8.42 Å². The molecular formula is C13H17N7O2S. The molecule has 122 valence electrons. The van der Waals surface area contributed by atoms with Gasteiger partial charge in [0.05, 0.1) is 16.3 Å². The summed E-state index contributed by atoms with van der Waals surface area (Å²) < 4.78 is 23.4. The number of amidine groups is 1. The van der Waals surface area contributed by atoms with Crippen LogP contribution in [-0.2, 0) is 9.84 Å². The Morgan fingerprint density at radius 3 is 2.35 bits per heavy atom. The highest BCUT2D eigenvalue weighted by Crippen LogP contribution is 2.17. The molecule has 0 unspecified atom stereocenters. The molecule has 0 saturated carbocycles. The third-order valence-electron chi connectivity index (χ3n) is 2.54. The first kappa shape index (κ1) is 18.1. The van der Waals surface area contributed by atoms with E-state index in [0.29, 0.717) is 5.69 Å². The van der Waals surface area contributed by atoms with Gasteiger partial charge in [-0.15, -0.1) is 0 Å². The molecule has 0 aliphatic rings. The molecule has 10 heteroatoms. The number of nitrogens with two attached hydrogens (primary N) is 2. The van der Waals surface area contributed by atoms with Crippen LogP contribution in [0.2, 0.25) is 0 Å². The van der Waals surface area contributed by atoms with Crippen molar-refractivity contribution in [3.8, 4) is 6.19 Å². The fraction of sp³-hybridized carbons (Fsp3) is 0.231. The third-order valence-corrected chi connectivity index (χ3v) is 4.29. The Morgan fingerprint density at radius 2 is 1.87 bits per heavy atom. The Labute approximate surface area is 134 Å². The molecule has 5 N–H and O–H groups in total. The summed E-state index contributed by atoms with van der Waals surface area (Å²) >= 11 is 0. The zero-order chi connectivity index (χ0) is 17.5. The van der Waals surface area contributed by atoms with Crippen molar-refractivity contribution >= 4 is 33.3 Å². The molecule has 1 aromatic carbocycles. The van der Waals surface area contributed by atoms with Gasteiger partial charge in [0.25, 0.3) is 0 Å². The summed E-state index contributed by atoms with van der Waals surface area (Å²) in [6, 6.07) is 6.05. The summed E-state index contributed by atoms with van der Waals surface area (Å²) in [5.74, 6) is -0.0492. The largest absolute Gasteiger partial charge is 0.370 e. The summed E-state index contributed by atoms with van der Waals surface area (Å²) in [5.41, 5.74) is 10.9. The molecule has 9 nitrogen and oxygen atoms in total. The van der Waals surface area contributed by atoms with Crippen LogP contribution in [-0.4, -0.2) is 31.9 Å². The van der Waals surface area contributed by atoms with Crippen molar-refractivity contribution in [3.05, 3.63) is 24.3 Å². The zero-order valence-electron chi connectivity index (χ0n) is 12.7. The quantitative estimate of drug-likeness (QED) is 0.310. The van der Waals surface area contributed by atoms with E-state index in [1.807, 2.05) is 0 Å². The molecule has 0 aliphatic heterocycles. The Hall–Kier alpha value is -2.93. The lowest BCUT2D eigenvalue weighted by atomic mass is 10.3. The van der Waals surface area contributed by atoms with Crippen LogP contribution in [0.3, 0.4) is 0 Å². The van der Waals surface area contributed by atoms with Crippen LogP contribution >= 0.6 is 0 Å². The maximum absolute atomic E-state index is 11.7. The van der Waals surface area contributed by atoms with Crippen LogP contribution in [0.25, 0.3) is 0 Å². The van der Waals surface area contributed by atoms with Gasteiger partial charge in [-0.3, -0.25) is 5.32 Å². The van der Waals surface area contributed by atoms with Gasteiger partial charge in [0.2, 0.25) is 5.96 Å². The molecule has 0 fully saturated rings. The van der Waals surface area contributed by atoms with Gasteiger partial charge in [0, 0.05) is 0 Å². The number of aliphatic imine (C=N–C) groups is 3. The standard InChI is InChI=1S/C13H17N7O2S/c1-3-23(21,22)11-6-4-10(5-7-11)18-9(2)19-13(17-8-14)20-12(15)16/h4-7H,3H2,1-2H3,(H5,15,16,17,18,19,20). The number of nitrogens with one attached hydrogen (secondary N) is 1. The molecule has 0 amide bonds. The van der Waals surface area contributed by atoms with Gasteiger partial charge in [-0.05, 0) is 31.2 Å². The average Bonchev–Trinajstić information content (AvgIpc) is 2.47. The minimum absolute atomic E-state index is 0.0284. The van der Waals surface area contributed by atoms with E-state index in [0.717, 1.165) is 0 Å². The summed E-state index contributed by atoms with van der Waals surface area (Å²) in [6.45, 7) is 3.16. The summed E-state index contributed by atoms with van der Waals surface area (Å²) in [6.07, 6.45) is 1.65. The normalized spacial score (nSPS) is 12.4. The van der Waals surface area contributed by atoms with Gasteiger partial charge in [-0.2, -0.15) is 15.2 Å². The summed E-state index contributed by atoms with van der Waals surface area (Å²) in [5, 5.41) is 10.8. The second kappa shape index (κ2) is 7.90. The Kier molecular flexibility index (Phi) is 6.23. The second-order valence-electron chi connectivity index (χ2n) is 4.27. The molecule has 1 aromatic rings. The number of hydrogen-bond donors (Lipinski definition) is 3. The van der Waals surface area contributed by atoms with E-state index in [-0.39, 0.29) is 28.4 Å². The van der Waals surface area contributed by atoms with E-state index in [2.05, 4.69) is 20.3 Å². The molecule has 0 saturated heterocycles. The first-order valence-corrected chi connectivity index (χ1v) is 8.15. The fourth-order valence-corrected chi connectivity index (χ4v) is 2.40. The highest BCUT2D eigenvalue weighted by molar-refractivity contribution is 7.91. The number of nitrogens with zero attached hydrogens (tertiary/aromatic N) is 4. The molecule has 0 atom stereocenters. The lowest BCUT2D eigenvalue weighted by Gasteiger charge is -2.02. The van der Waals surface area contributed by atoms with Crippen molar-refractivity contribution in [2.45, 2.75) is 18.7 Å². The maximum Gasteiger partial charge on any atom is 0.241 e. The van der Waals surface area contributed by atoms with Gasteiger partial charge in [0.15, 0.2) is 22.0 Å². The molecule has 0 aromatic heterocycles. The van der Waals surface area contributed by atoms with E-state index < -0.39 is 9.84 Å². The predicted octanol–water partition coefficient (Wildman–Crippen LogP) is 0.230. The highest BCUT2D eigenvalue weighted by atomic mass is 32.2. The van der Waals surface area contributed by atoms with E-state index in [1.54, 1.807) is 32.2 Å².